The number of halogens is 1. The fourth-order valence-corrected chi connectivity index (χ4v) is 1.36. The first-order chi connectivity index (χ1) is 5.38. The van der Waals surface area contributed by atoms with E-state index in [9.17, 15) is 0 Å². The van der Waals surface area contributed by atoms with E-state index in [4.69, 9.17) is 16.3 Å². The minimum Gasteiger partial charge on any atom is -0.376 e. The Morgan fingerprint density at radius 3 is 3.27 bits per heavy atom. The van der Waals surface area contributed by atoms with E-state index in [1.54, 1.807) is 6.20 Å². The Hall–Kier alpha value is -0.670. The third kappa shape index (κ3) is 1.21. The van der Waals surface area contributed by atoms with E-state index < -0.39 is 0 Å². The average molecular weight is 171 g/mol. The minimum atomic E-state index is 0.474. The van der Waals surface area contributed by atoms with Gasteiger partial charge in [-0.2, -0.15) is 5.10 Å². The van der Waals surface area contributed by atoms with Crippen LogP contribution in [-0.2, 0) is 17.8 Å². The highest BCUT2D eigenvalue weighted by Crippen LogP contribution is 2.20. The van der Waals surface area contributed by atoms with E-state index in [0.717, 1.165) is 24.2 Å². The van der Waals surface area contributed by atoms with Crippen molar-refractivity contribution >= 4 is 11.6 Å². The second-order valence-corrected chi connectivity index (χ2v) is 2.80. The summed E-state index contributed by atoms with van der Waals surface area (Å²) in [5.41, 5.74) is 2.16. The summed E-state index contributed by atoms with van der Waals surface area (Å²) in [5, 5.41) is 7.96. The third-order valence-electron chi connectivity index (χ3n) is 1.76. The fraction of sp³-hybridized carbons (Fsp3) is 0.429. The normalized spacial score (nSPS) is 16.1. The van der Waals surface area contributed by atoms with Crippen molar-refractivity contribution in [3.63, 3.8) is 0 Å². The Balaban J connectivity index is 2.49. The van der Waals surface area contributed by atoms with Crippen molar-refractivity contribution < 1.29 is 4.74 Å². The molecule has 0 aromatic carbocycles. The number of aromatic nitrogens is 2. The molecular weight excluding hydrogens is 164 g/mol. The number of hydrogen-bond acceptors (Lipinski definition) is 3. The summed E-state index contributed by atoms with van der Waals surface area (Å²) in [7, 11) is 0. The molecule has 0 radical (unpaired) electrons. The molecule has 0 saturated heterocycles. The van der Waals surface area contributed by atoms with Gasteiger partial charge in [-0.1, -0.05) is 11.6 Å². The van der Waals surface area contributed by atoms with E-state index in [0.29, 0.717) is 11.8 Å². The monoisotopic (exact) mass is 170 g/mol. The fourth-order valence-electron chi connectivity index (χ4n) is 1.14. The Morgan fingerprint density at radius 1 is 1.55 bits per heavy atom. The summed E-state index contributed by atoms with van der Waals surface area (Å²) >= 11 is 5.79. The number of ether oxygens (including phenoxy) is 1. The molecule has 0 unspecified atom stereocenters. The van der Waals surface area contributed by atoms with Crippen LogP contribution < -0.4 is 0 Å². The highest BCUT2D eigenvalue weighted by Gasteiger charge is 2.13. The number of hydrogen-bond donors (Lipinski definition) is 0. The molecule has 0 spiro atoms. The van der Waals surface area contributed by atoms with E-state index in [1.807, 2.05) is 0 Å². The van der Waals surface area contributed by atoms with Crippen molar-refractivity contribution in [1.82, 2.24) is 10.2 Å². The Labute approximate surface area is 69.3 Å². The summed E-state index contributed by atoms with van der Waals surface area (Å²) in [4.78, 5) is 0. The van der Waals surface area contributed by atoms with Gasteiger partial charge >= 0.3 is 0 Å². The molecule has 11 heavy (non-hydrogen) atoms. The van der Waals surface area contributed by atoms with Gasteiger partial charge < -0.3 is 4.74 Å². The molecule has 1 aliphatic rings. The maximum absolute atomic E-state index is 5.79. The van der Waals surface area contributed by atoms with Gasteiger partial charge in [0.2, 0.25) is 0 Å². The molecule has 0 N–H and O–H groups in total. The van der Waals surface area contributed by atoms with Gasteiger partial charge in [-0.25, -0.2) is 0 Å². The van der Waals surface area contributed by atoms with Crippen LogP contribution in [0.1, 0.15) is 11.1 Å². The van der Waals surface area contributed by atoms with E-state index >= 15 is 0 Å². The van der Waals surface area contributed by atoms with Crippen LogP contribution in [0.4, 0.5) is 0 Å². The van der Waals surface area contributed by atoms with Crippen LogP contribution in [0.2, 0.25) is 5.15 Å². The molecule has 1 aromatic heterocycles. The lowest BCUT2D eigenvalue weighted by molar-refractivity contribution is 0.110. The zero-order valence-electron chi connectivity index (χ0n) is 5.88. The van der Waals surface area contributed by atoms with E-state index in [1.165, 1.54) is 0 Å². The van der Waals surface area contributed by atoms with Crippen LogP contribution in [0.5, 0.6) is 0 Å². The molecule has 1 aliphatic heterocycles. The SMILES string of the molecule is Clc1nncc2c1COCC2. The molecular formula is C7H7ClN2O. The van der Waals surface area contributed by atoms with Crippen LogP contribution in [0.3, 0.4) is 0 Å². The third-order valence-corrected chi connectivity index (χ3v) is 2.06. The van der Waals surface area contributed by atoms with Gasteiger partial charge in [-0.3, -0.25) is 0 Å². The van der Waals surface area contributed by atoms with Gasteiger partial charge in [0.25, 0.3) is 0 Å². The molecule has 0 fully saturated rings. The number of rotatable bonds is 0. The van der Waals surface area contributed by atoms with Crippen LogP contribution in [0.25, 0.3) is 0 Å². The second kappa shape index (κ2) is 2.75. The quantitative estimate of drug-likeness (QED) is 0.587. The van der Waals surface area contributed by atoms with E-state index in [2.05, 4.69) is 10.2 Å². The van der Waals surface area contributed by atoms with Crippen molar-refractivity contribution in [1.29, 1.82) is 0 Å². The second-order valence-electron chi connectivity index (χ2n) is 2.44. The molecule has 58 valence electrons. The maximum atomic E-state index is 5.79. The van der Waals surface area contributed by atoms with Gasteiger partial charge in [0.15, 0.2) is 5.15 Å². The van der Waals surface area contributed by atoms with Crippen molar-refractivity contribution in [2.45, 2.75) is 13.0 Å². The first-order valence-electron chi connectivity index (χ1n) is 3.44. The lowest BCUT2D eigenvalue weighted by Gasteiger charge is -2.15. The summed E-state index contributed by atoms with van der Waals surface area (Å²) in [6, 6.07) is 0. The Bertz CT molecular complexity index is 277. The summed E-state index contributed by atoms with van der Waals surface area (Å²) in [6.45, 7) is 1.33. The minimum absolute atomic E-state index is 0.474. The van der Waals surface area contributed by atoms with Crippen molar-refractivity contribution in [3.8, 4) is 0 Å². The molecule has 0 bridgehead atoms. The molecule has 3 nitrogen and oxygen atoms in total. The molecule has 4 heteroatoms. The highest BCUT2D eigenvalue weighted by atomic mass is 35.5. The van der Waals surface area contributed by atoms with Crippen LogP contribution in [0.15, 0.2) is 6.20 Å². The Morgan fingerprint density at radius 2 is 2.45 bits per heavy atom. The molecule has 0 amide bonds. The summed E-state index contributed by atoms with van der Waals surface area (Å²) < 4.78 is 5.22. The topological polar surface area (TPSA) is 35.0 Å². The van der Waals surface area contributed by atoms with Crippen LogP contribution >= 0.6 is 11.6 Å². The number of nitrogens with zero attached hydrogens (tertiary/aromatic N) is 2. The van der Waals surface area contributed by atoms with E-state index in [-0.39, 0.29) is 0 Å². The zero-order valence-corrected chi connectivity index (χ0v) is 6.64. The summed E-state index contributed by atoms with van der Waals surface area (Å²) in [6.07, 6.45) is 2.65. The van der Waals surface area contributed by atoms with Crippen LogP contribution in [0, 0.1) is 0 Å². The van der Waals surface area contributed by atoms with Crippen molar-refractivity contribution in [3.05, 3.63) is 22.5 Å². The van der Waals surface area contributed by atoms with Gasteiger partial charge in [0, 0.05) is 5.56 Å². The first kappa shape index (κ1) is 7.00. The summed E-state index contributed by atoms with van der Waals surface area (Å²) in [5.74, 6) is 0. The van der Waals surface area contributed by atoms with Gasteiger partial charge in [0.05, 0.1) is 19.4 Å². The van der Waals surface area contributed by atoms with Crippen molar-refractivity contribution in [2.75, 3.05) is 6.61 Å². The lowest BCUT2D eigenvalue weighted by Crippen LogP contribution is -2.11. The molecule has 0 saturated carbocycles. The predicted octanol–water partition coefficient (Wildman–Crippen LogP) is 1.20. The standard InChI is InChI=1S/C7H7ClN2O/c8-7-6-4-11-2-1-5(6)3-9-10-7/h3H,1-2,4H2. The van der Waals surface area contributed by atoms with Gasteiger partial charge in [-0.05, 0) is 12.0 Å². The Kier molecular flexibility index (Phi) is 1.75. The zero-order chi connectivity index (χ0) is 7.68. The molecule has 1 aromatic rings. The molecule has 0 aliphatic carbocycles. The first-order valence-corrected chi connectivity index (χ1v) is 3.82. The highest BCUT2D eigenvalue weighted by molar-refractivity contribution is 6.30. The maximum Gasteiger partial charge on any atom is 0.157 e. The van der Waals surface area contributed by atoms with Gasteiger partial charge in [-0.15, -0.1) is 5.10 Å². The average Bonchev–Trinajstić information content (AvgIpc) is 2.06. The molecule has 0 atom stereocenters. The lowest BCUT2D eigenvalue weighted by atomic mass is 10.1. The smallest absolute Gasteiger partial charge is 0.157 e. The van der Waals surface area contributed by atoms with Gasteiger partial charge in [0.1, 0.15) is 0 Å². The molecule has 2 rings (SSSR count). The predicted molar refractivity (Wildman–Crippen MR) is 40.4 cm³/mol. The number of fused-ring (bicyclic) bond motifs is 1. The van der Waals surface area contributed by atoms with Crippen molar-refractivity contribution in [2.24, 2.45) is 0 Å². The molecule has 2 heterocycles. The van der Waals surface area contributed by atoms with Crippen LogP contribution in [-0.4, -0.2) is 16.8 Å². The largest absolute Gasteiger partial charge is 0.376 e.